The number of aryl methyl sites for hydroxylation is 2. The molecule has 2 N–H and O–H groups in total. The van der Waals surface area contributed by atoms with Crippen LogP contribution in [0.2, 0.25) is 0 Å². The van der Waals surface area contributed by atoms with E-state index in [1.54, 1.807) is 24.9 Å². The Morgan fingerprint density at radius 3 is 2.58 bits per heavy atom. The van der Waals surface area contributed by atoms with Gasteiger partial charge in [-0.1, -0.05) is 18.2 Å². The maximum atomic E-state index is 12.3. The number of benzene rings is 1. The number of nitrogens with zero attached hydrogens (tertiary/aromatic N) is 1. The molecule has 0 aliphatic heterocycles. The molecule has 0 unspecified atom stereocenters. The molecule has 0 radical (unpaired) electrons. The van der Waals surface area contributed by atoms with Crippen molar-refractivity contribution in [2.45, 2.75) is 20.4 Å². The minimum atomic E-state index is -0.0578. The van der Waals surface area contributed by atoms with Gasteiger partial charge in [-0.3, -0.25) is 4.79 Å². The molecule has 0 bridgehead atoms. The lowest BCUT2D eigenvalue weighted by Crippen LogP contribution is -2.26. The molecule has 0 fully saturated rings. The van der Waals surface area contributed by atoms with E-state index in [2.05, 4.69) is 0 Å². The molecular formula is C15H18N2O2. The second-order valence-electron chi connectivity index (χ2n) is 4.69. The van der Waals surface area contributed by atoms with Crippen molar-refractivity contribution in [3.8, 4) is 0 Å². The number of hydrogen-bond acceptors (Lipinski definition) is 3. The molecule has 2 aromatic rings. The number of para-hydroxylation sites is 1. The van der Waals surface area contributed by atoms with Gasteiger partial charge in [-0.05, 0) is 31.5 Å². The summed E-state index contributed by atoms with van der Waals surface area (Å²) in [6.45, 7) is 4.11. The van der Waals surface area contributed by atoms with Crippen LogP contribution in [-0.2, 0) is 6.54 Å². The summed E-state index contributed by atoms with van der Waals surface area (Å²) in [7, 11) is 1.76. The Labute approximate surface area is 112 Å². The molecule has 0 aliphatic rings. The molecule has 0 aliphatic carbocycles. The number of carbonyl (C=O) groups excluding carboxylic acids is 1. The van der Waals surface area contributed by atoms with Gasteiger partial charge in [-0.25, -0.2) is 0 Å². The molecule has 0 atom stereocenters. The van der Waals surface area contributed by atoms with Crippen LogP contribution in [0.15, 0.2) is 34.7 Å². The van der Waals surface area contributed by atoms with Crippen LogP contribution in [-0.4, -0.2) is 17.9 Å². The van der Waals surface area contributed by atoms with Gasteiger partial charge in [-0.15, -0.1) is 0 Å². The molecule has 4 nitrogen and oxygen atoms in total. The number of hydrogen-bond donors (Lipinski definition) is 1. The lowest BCUT2D eigenvalue weighted by atomic mass is 10.1. The second-order valence-corrected chi connectivity index (χ2v) is 4.69. The first kappa shape index (κ1) is 13.2. The van der Waals surface area contributed by atoms with E-state index >= 15 is 0 Å². The Morgan fingerprint density at radius 2 is 2.00 bits per heavy atom. The van der Waals surface area contributed by atoms with Crippen molar-refractivity contribution in [2.75, 3.05) is 12.8 Å². The van der Waals surface area contributed by atoms with E-state index in [1.165, 1.54) is 0 Å². The molecule has 19 heavy (non-hydrogen) atoms. The highest BCUT2D eigenvalue weighted by Gasteiger charge is 2.18. The lowest BCUT2D eigenvalue weighted by Gasteiger charge is -2.17. The van der Waals surface area contributed by atoms with Gasteiger partial charge in [0.2, 0.25) is 0 Å². The molecule has 4 heteroatoms. The minimum absolute atomic E-state index is 0.0578. The molecule has 1 aromatic carbocycles. The average molecular weight is 258 g/mol. The van der Waals surface area contributed by atoms with Crippen molar-refractivity contribution in [1.82, 2.24) is 4.90 Å². The standard InChI is InChI=1S/C15H18N2O2/c1-10-8-13(11(2)19-10)15(18)17(3)9-12-6-4-5-7-14(12)16/h4-8H,9,16H2,1-3H3. The normalized spacial score (nSPS) is 10.5. The van der Waals surface area contributed by atoms with E-state index in [4.69, 9.17) is 10.2 Å². The zero-order chi connectivity index (χ0) is 14.0. The van der Waals surface area contributed by atoms with E-state index in [1.807, 2.05) is 31.2 Å². The van der Waals surface area contributed by atoms with Gasteiger partial charge in [0.15, 0.2) is 0 Å². The highest BCUT2D eigenvalue weighted by atomic mass is 16.3. The Bertz CT molecular complexity index is 602. The number of amides is 1. The monoisotopic (exact) mass is 258 g/mol. The van der Waals surface area contributed by atoms with Gasteiger partial charge in [0, 0.05) is 19.3 Å². The summed E-state index contributed by atoms with van der Waals surface area (Å²) >= 11 is 0. The number of nitrogens with two attached hydrogens (primary N) is 1. The van der Waals surface area contributed by atoms with Gasteiger partial charge < -0.3 is 15.1 Å². The zero-order valence-electron chi connectivity index (χ0n) is 11.4. The van der Waals surface area contributed by atoms with E-state index in [-0.39, 0.29) is 5.91 Å². The molecule has 0 saturated carbocycles. The van der Waals surface area contributed by atoms with Gasteiger partial charge in [0.05, 0.1) is 5.56 Å². The van der Waals surface area contributed by atoms with Crippen LogP contribution >= 0.6 is 0 Å². The van der Waals surface area contributed by atoms with Crippen LogP contribution in [0.3, 0.4) is 0 Å². The molecule has 100 valence electrons. The van der Waals surface area contributed by atoms with Crippen molar-refractivity contribution >= 4 is 11.6 Å². The topological polar surface area (TPSA) is 59.5 Å². The molecule has 0 spiro atoms. The number of anilines is 1. The van der Waals surface area contributed by atoms with Crippen LogP contribution in [0, 0.1) is 13.8 Å². The first-order valence-electron chi connectivity index (χ1n) is 6.15. The molecule has 1 amide bonds. The molecule has 1 aromatic heterocycles. The average Bonchev–Trinajstić information content (AvgIpc) is 2.70. The largest absolute Gasteiger partial charge is 0.466 e. The quantitative estimate of drug-likeness (QED) is 0.861. The molecule has 2 rings (SSSR count). The highest BCUT2D eigenvalue weighted by Crippen LogP contribution is 2.18. The summed E-state index contributed by atoms with van der Waals surface area (Å²) in [5, 5.41) is 0. The first-order valence-corrected chi connectivity index (χ1v) is 6.15. The predicted molar refractivity (Wildman–Crippen MR) is 74.8 cm³/mol. The van der Waals surface area contributed by atoms with Gasteiger partial charge >= 0.3 is 0 Å². The Kier molecular flexibility index (Phi) is 3.60. The zero-order valence-corrected chi connectivity index (χ0v) is 11.4. The first-order chi connectivity index (χ1) is 8.99. The number of nitrogen functional groups attached to an aromatic ring is 1. The summed E-state index contributed by atoms with van der Waals surface area (Å²) < 4.78 is 5.39. The van der Waals surface area contributed by atoms with E-state index in [9.17, 15) is 4.79 Å². The third-order valence-corrected chi connectivity index (χ3v) is 3.08. The molecular weight excluding hydrogens is 240 g/mol. The lowest BCUT2D eigenvalue weighted by molar-refractivity contribution is 0.0783. The number of carbonyl (C=O) groups is 1. The molecule has 0 saturated heterocycles. The van der Waals surface area contributed by atoms with Crippen molar-refractivity contribution in [1.29, 1.82) is 0 Å². The third kappa shape index (κ3) is 2.78. The van der Waals surface area contributed by atoms with Crippen LogP contribution in [0.25, 0.3) is 0 Å². The summed E-state index contributed by atoms with van der Waals surface area (Å²) in [6, 6.07) is 9.32. The van der Waals surface area contributed by atoms with Gasteiger partial charge in [0.25, 0.3) is 5.91 Å². The SMILES string of the molecule is Cc1cc(C(=O)N(C)Cc2ccccc2N)c(C)o1. The van der Waals surface area contributed by atoms with Crippen molar-refractivity contribution < 1.29 is 9.21 Å². The van der Waals surface area contributed by atoms with Crippen LogP contribution in [0.4, 0.5) is 5.69 Å². The number of furan rings is 1. The maximum Gasteiger partial charge on any atom is 0.257 e. The third-order valence-electron chi connectivity index (χ3n) is 3.08. The van der Waals surface area contributed by atoms with Gasteiger partial charge in [-0.2, -0.15) is 0 Å². The van der Waals surface area contributed by atoms with E-state index in [0.29, 0.717) is 23.6 Å². The Balaban J connectivity index is 2.16. The summed E-state index contributed by atoms with van der Waals surface area (Å²) in [6.07, 6.45) is 0. The minimum Gasteiger partial charge on any atom is -0.466 e. The van der Waals surface area contributed by atoms with Crippen LogP contribution < -0.4 is 5.73 Å². The fraction of sp³-hybridized carbons (Fsp3) is 0.267. The fourth-order valence-electron chi connectivity index (χ4n) is 2.05. The van der Waals surface area contributed by atoms with Crippen LogP contribution in [0.5, 0.6) is 0 Å². The maximum absolute atomic E-state index is 12.3. The number of rotatable bonds is 3. The summed E-state index contributed by atoms with van der Waals surface area (Å²) in [4.78, 5) is 14.0. The Morgan fingerprint density at radius 1 is 1.32 bits per heavy atom. The smallest absolute Gasteiger partial charge is 0.257 e. The van der Waals surface area contributed by atoms with Gasteiger partial charge in [0.1, 0.15) is 11.5 Å². The summed E-state index contributed by atoms with van der Waals surface area (Å²) in [5.41, 5.74) is 8.13. The van der Waals surface area contributed by atoms with E-state index in [0.717, 1.165) is 11.3 Å². The van der Waals surface area contributed by atoms with Crippen molar-refractivity contribution in [3.05, 3.63) is 53.0 Å². The molecule has 1 heterocycles. The van der Waals surface area contributed by atoms with Crippen LogP contribution in [0.1, 0.15) is 27.4 Å². The Hall–Kier alpha value is -2.23. The summed E-state index contributed by atoms with van der Waals surface area (Å²) in [5.74, 6) is 1.33. The highest BCUT2D eigenvalue weighted by molar-refractivity contribution is 5.95. The van der Waals surface area contributed by atoms with Crippen molar-refractivity contribution in [3.63, 3.8) is 0 Å². The second kappa shape index (κ2) is 5.18. The van der Waals surface area contributed by atoms with Crippen molar-refractivity contribution in [2.24, 2.45) is 0 Å². The fourth-order valence-corrected chi connectivity index (χ4v) is 2.05. The predicted octanol–water partition coefficient (Wildman–Crippen LogP) is 2.75. The van der Waals surface area contributed by atoms with E-state index < -0.39 is 0 Å².